The Morgan fingerprint density at radius 3 is 3.14 bits per heavy atom. The summed E-state index contributed by atoms with van der Waals surface area (Å²) in [5.41, 5.74) is 0.587. The number of carbonyl (C=O) groups is 2. The molecule has 1 atom stereocenters. The van der Waals surface area contributed by atoms with Gasteiger partial charge in [0.1, 0.15) is 11.0 Å². The second-order valence-corrected chi connectivity index (χ2v) is 5.99. The lowest BCUT2D eigenvalue weighted by molar-refractivity contribution is -0.126. The quantitative estimate of drug-likeness (QED) is 0.833. The minimum atomic E-state index is -0.298. The highest BCUT2D eigenvalue weighted by atomic mass is 32.2. The van der Waals surface area contributed by atoms with Crippen molar-refractivity contribution in [1.29, 1.82) is 0 Å². The van der Waals surface area contributed by atoms with Gasteiger partial charge >= 0.3 is 0 Å². The standard InChI is InChI=1S/C15H19N3O3S/c1-3-14(19)18-5-6-22-13(10-18)15(20)17-11-7-12(21-4-2)9-16-8-11/h3,7-9,13H,1,4-6,10H2,2H3,(H,17,20). The molecular formula is C15H19N3O3S. The van der Waals surface area contributed by atoms with Crippen LogP contribution in [0.1, 0.15) is 6.92 Å². The van der Waals surface area contributed by atoms with Crippen molar-refractivity contribution in [1.82, 2.24) is 9.88 Å². The number of rotatable bonds is 5. The predicted octanol–water partition coefficient (Wildman–Crippen LogP) is 1.55. The summed E-state index contributed by atoms with van der Waals surface area (Å²) >= 11 is 1.54. The largest absolute Gasteiger partial charge is 0.492 e. The summed E-state index contributed by atoms with van der Waals surface area (Å²) in [4.78, 5) is 29.7. The predicted molar refractivity (Wildman–Crippen MR) is 87.1 cm³/mol. The monoisotopic (exact) mass is 321 g/mol. The molecule has 118 valence electrons. The van der Waals surface area contributed by atoms with Gasteiger partial charge in [-0.25, -0.2) is 0 Å². The van der Waals surface area contributed by atoms with E-state index in [1.807, 2.05) is 6.92 Å². The number of amides is 2. The zero-order valence-electron chi connectivity index (χ0n) is 12.4. The van der Waals surface area contributed by atoms with Crippen LogP contribution >= 0.6 is 11.8 Å². The zero-order chi connectivity index (χ0) is 15.9. The van der Waals surface area contributed by atoms with Crippen molar-refractivity contribution in [2.75, 3.05) is 30.8 Å². The first kappa shape index (κ1) is 16.4. The number of hydrogen-bond donors (Lipinski definition) is 1. The van der Waals surface area contributed by atoms with Crippen molar-refractivity contribution in [2.24, 2.45) is 0 Å². The molecule has 6 nitrogen and oxygen atoms in total. The van der Waals surface area contributed by atoms with Crippen LogP contribution < -0.4 is 10.1 Å². The van der Waals surface area contributed by atoms with Crippen LogP contribution in [0.4, 0.5) is 5.69 Å². The Morgan fingerprint density at radius 2 is 2.41 bits per heavy atom. The van der Waals surface area contributed by atoms with E-state index in [2.05, 4.69) is 16.9 Å². The number of nitrogens with zero attached hydrogens (tertiary/aromatic N) is 2. The van der Waals surface area contributed by atoms with Crippen LogP contribution in [-0.2, 0) is 9.59 Å². The van der Waals surface area contributed by atoms with Gasteiger partial charge in [0.25, 0.3) is 0 Å². The number of carbonyl (C=O) groups excluding carboxylic acids is 2. The molecule has 0 aromatic carbocycles. The highest BCUT2D eigenvalue weighted by Gasteiger charge is 2.28. The molecular weight excluding hydrogens is 302 g/mol. The fraction of sp³-hybridized carbons (Fsp3) is 0.400. The molecule has 1 aromatic heterocycles. The van der Waals surface area contributed by atoms with Crippen molar-refractivity contribution in [3.63, 3.8) is 0 Å². The van der Waals surface area contributed by atoms with Crippen molar-refractivity contribution < 1.29 is 14.3 Å². The summed E-state index contributed by atoms with van der Waals surface area (Å²) in [6, 6.07) is 1.73. The fourth-order valence-electron chi connectivity index (χ4n) is 2.09. The van der Waals surface area contributed by atoms with Gasteiger partial charge in [0.05, 0.1) is 24.7 Å². The van der Waals surface area contributed by atoms with Crippen molar-refractivity contribution in [3.8, 4) is 5.75 Å². The van der Waals surface area contributed by atoms with Gasteiger partial charge in [-0.2, -0.15) is 0 Å². The minimum absolute atomic E-state index is 0.137. The molecule has 2 heterocycles. The second kappa shape index (κ2) is 7.84. The lowest BCUT2D eigenvalue weighted by Gasteiger charge is -2.30. The Labute approximate surface area is 133 Å². The molecule has 2 rings (SSSR count). The van der Waals surface area contributed by atoms with E-state index in [4.69, 9.17) is 4.74 Å². The minimum Gasteiger partial charge on any atom is -0.492 e. The van der Waals surface area contributed by atoms with Crippen molar-refractivity contribution in [2.45, 2.75) is 12.2 Å². The number of anilines is 1. The lowest BCUT2D eigenvalue weighted by atomic mass is 10.3. The molecule has 1 unspecified atom stereocenters. The summed E-state index contributed by atoms with van der Waals surface area (Å²) in [6.07, 6.45) is 4.44. The van der Waals surface area contributed by atoms with Gasteiger partial charge in [0.2, 0.25) is 11.8 Å². The van der Waals surface area contributed by atoms with Gasteiger partial charge < -0.3 is 15.0 Å². The SMILES string of the molecule is C=CC(=O)N1CCSC(C(=O)Nc2cncc(OCC)c2)C1. The molecule has 22 heavy (non-hydrogen) atoms. The first-order chi connectivity index (χ1) is 10.6. The number of pyridine rings is 1. The summed E-state index contributed by atoms with van der Waals surface area (Å²) in [6.45, 7) is 6.93. The normalized spacial score (nSPS) is 17.7. The molecule has 0 saturated carbocycles. The Morgan fingerprint density at radius 1 is 1.59 bits per heavy atom. The molecule has 1 fully saturated rings. The van der Waals surface area contributed by atoms with Gasteiger partial charge in [0, 0.05) is 24.9 Å². The average Bonchev–Trinajstić information content (AvgIpc) is 2.55. The van der Waals surface area contributed by atoms with E-state index in [-0.39, 0.29) is 17.1 Å². The molecule has 0 radical (unpaired) electrons. The number of aromatic nitrogens is 1. The third kappa shape index (κ3) is 4.24. The van der Waals surface area contributed by atoms with Crippen molar-refractivity contribution in [3.05, 3.63) is 31.1 Å². The second-order valence-electron chi connectivity index (χ2n) is 4.68. The fourth-order valence-corrected chi connectivity index (χ4v) is 3.20. The molecule has 1 N–H and O–H groups in total. The van der Waals surface area contributed by atoms with Crippen LogP contribution in [-0.4, -0.2) is 52.4 Å². The van der Waals surface area contributed by atoms with E-state index < -0.39 is 0 Å². The van der Waals surface area contributed by atoms with E-state index in [1.165, 1.54) is 6.08 Å². The maximum Gasteiger partial charge on any atom is 0.246 e. The van der Waals surface area contributed by atoms with Crippen molar-refractivity contribution >= 4 is 29.3 Å². The molecule has 1 aliphatic rings. The highest BCUT2D eigenvalue weighted by Crippen LogP contribution is 2.22. The van der Waals surface area contributed by atoms with E-state index >= 15 is 0 Å². The number of ether oxygens (including phenoxy) is 1. The summed E-state index contributed by atoms with van der Waals surface area (Å²) in [7, 11) is 0. The number of nitrogens with one attached hydrogen (secondary N) is 1. The van der Waals surface area contributed by atoms with E-state index in [0.717, 1.165) is 5.75 Å². The van der Waals surface area contributed by atoms with Crippen LogP contribution in [0.2, 0.25) is 0 Å². The maximum atomic E-state index is 12.3. The summed E-state index contributed by atoms with van der Waals surface area (Å²) in [5.74, 6) is 1.06. The van der Waals surface area contributed by atoms with Crippen LogP contribution in [0.25, 0.3) is 0 Å². The number of hydrogen-bond acceptors (Lipinski definition) is 5. The van der Waals surface area contributed by atoms with E-state index in [1.54, 1.807) is 35.1 Å². The van der Waals surface area contributed by atoms with E-state index in [0.29, 0.717) is 31.1 Å². The topological polar surface area (TPSA) is 71.5 Å². The average molecular weight is 321 g/mol. The first-order valence-corrected chi connectivity index (χ1v) is 8.10. The van der Waals surface area contributed by atoms with Gasteiger partial charge in [-0.3, -0.25) is 14.6 Å². The van der Waals surface area contributed by atoms with Gasteiger partial charge in [-0.15, -0.1) is 11.8 Å². The molecule has 1 saturated heterocycles. The third-order valence-corrected chi connectivity index (χ3v) is 4.32. The Bertz CT molecular complexity index is 565. The van der Waals surface area contributed by atoms with Crippen LogP contribution in [0, 0.1) is 0 Å². The maximum absolute atomic E-state index is 12.3. The van der Waals surface area contributed by atoms with Gasteiger partial charge in [-0.1, -0.05) is 6.58 Å². The van der Waals surface area contributed by atoms with Crippen LogP contribution in [0.3, 0.4) is 0 Å². The molecule has 0 aliphatic carbocycles. The van der Waals surface area contributed by atoms with Gasteiger partial charge in [0.15, 0.2) is 0 Å². The molecule has 1 aliphatic heterocycles. The molecule has 0 bridgehead atoms. The van der Waals surface area contributed by atoms with Gasteiger partial charge in [-0.05, 0) is 13.0 Å². The number of thioether (sulfide) groups is 1. The van der Waals surface area contributed by atoms with Crippen LogP contribution in [0.5, 0.6) is 5.75 Å². The Balaban J connectivity index is 1.98. The summed E-state index contributed by atoms with van der Waals surface area (Å²) in [5, 5.41) is 2.52. The third-order valence-electron chi connectivity index (χ3n) is 3.14. The molecule has 0 spiro atoms. The molecule has 7 heteroatoms. The zero-order valence-corrected chi connectivity index (χ0v) is 13.3. The Hall–Kier alpha value is -2.02. The van der Waals surface area contributed by atoms with Crippen LogP contribution in [0.15, 0.2) is 31.1 Å². The summed E-state index contributed by atoms with van der Waals surface area (Å²) < 4.78 is 5.35. The lowest BCUT2D eigenvalue weighted by Crippen LogP contribution is -2.45. The van der Waals surface area contributed by atoms with E-state index in [9.17, 15) is 9.59 Å². The molecule has 1 aromatic rings. The first-order valence-electron chi connectivity index (χ1n) is 7.05. The molecule has 2 amide bonds. The highest BCUT2D eigenvalue weighted by molar-refractivity contribution is 8.00. The smallest absolute Gasteiger partial charge is 0.246 e. The Kier molecular flexibility index (Phi) is 5.83.